The summed E-state index contributed by atoms with van der Waals surface area (Å²) in [6, 6.07) is 6.45. The van der Waals surface area contributed by atoms with E-state index in [0.29, 0.717) is 11.5 Å². The zero-order valence-corrected chi connectivity index (χ0v) is 15.9. The van der Waals surface area contributed by atoms with E-state index in [9.17, 15) is 13.2 Å². The van der Waals surface area contributed by atoms with Crippen LogP contribution >= 0.6 is 0 Å². The molecule has 12 heteroatoms. The third-order valence-electron chi connectivity index (χ3n) is 3.43. The summed E-state index contributed by atoms with van der Waals surface area (Å²) < 4.78 is 37.3. The molecule has 11 nitrogen and oxygen atoms in total. The summed E-state index contributed by atoms with van der Waals surface area (Å²) in [5.74, 6) is 0.484. The summed E-state index contributed by atoms with van der Waals surface area (Å²) in [6.07, 6.45) is 0. The minimum absolute atomic E-state index is 0.0191. The molecular formula is C16H16N6O5S. The number of amides is 2. The van der Waals surface area contributed by atoms with Gasteiger partial charge in [-0.2, -0.15) is 9.97 Å². The van der Waals surface area contributed by atoms with E-state index < -0.39 is 16.1 Å². The molecule has 0 aliphatic rings. The molecule has 2 heterocycles. The number of nitrogens with zero attached hydrogens (tertiary/aromatic N) is 4. The maximum Gasteiger partial charge on any atom is 0.335 e. The Labute approximate surface area is 160 Å². The highest BCUT2D eigenvalue weighted by atomic mass is 32.2. The van der Waals surface area contributed by atoms with Gasteiger partial charge in [0.15, 0.2) is 5.82 Å². The van der Waals surface area contributed by atoms with E-state index in [-0.39, 0.29) is 28.2 Å². The van der Waals surface area contributed by atoms with Gasteiger partial charge in [0.2, 0.25) is 11.8 Å². The fourth-order valence-corrected chi connectivity index (χ4v) is 3.40. The number of aryl methyl sites for hydroxylation is 2. The molecule has 1 aromatic carbocycles. The second-order valence-electron chi connectivity index (χ2n) is 5.58. The van der Waals surface area contributed by atoms with Crippen LogP contribution in [0.3, 0.4) is 0 Å². The van der Waals surface area contributed by atoms with Gasteiger partial charge in [0, 0.05) is 11.8 Å². The molecule has 0 unspecified atom stereocenters. The van der Waals surface area contributed by atoms with Crippen LogP contribution in [0.2, 0.25) is 0 Å². The van der Waals surface area contributed by atoms with E-state index in [1.54, 1.807) is 26.0 Å². The zero-order valence-electron chi connectivity index (χ0n) is 15.1. The van der Waals surface area contributed by atoms with E-state index in [4.69, 9.17) is 9.26 Å². The van der Waals surface area contributed by atoms with Crippen molar-refractivity contribution in [1.82, 2.24) is 24.8 Å². The highest BCUT2D eigenvalue weighted by Crippen LogP contribution is 2.25. The van der Waals surface area contributed by atoms with Gasteiger partial charge in [-0.15, -0.1) is 0 Å². The predicted molar refractivity (Wildman–Crippen MR) is 97.1 cm³/mol. The lowest BCUT2D eigenvalue weighted by Gasteiger charge is -2.10. The van der Waals surface area contributed by atoms with Crippen molar-refractivity contribution in [3.63, 3.8) is 0 Å². The summed E-state index contributed by atoms with van der Waals surface area (Å²) in [5, 5.41) is 5.91. The van der Waals surface area contributed by atoms with Gasteiger partial charge in [0.1, 0.15) is 4.90 Å². The monoisotopic (exact) mass is 404 g/mol. The Morgan fingerprint density at radius 2 is 1.89 bits per heavy atom. The molecule has 0 aliphatic heterocycles. The van der Waals surface area contributed by atoms with Crippen LogP contribution < -0.4 is 14.8 Å². The summed E-state index contributed by atoms with van der Waals surface area (Å²) in [5.41, 5.74) is 0.694. The summed E-state index contributed by atoms with van der Waals surface area (Å²) in [4.78, 5) is 23.9. The molecule has 3 rings (SSSR count). The minimum atomic E-state index is -4.25. The van der Waals surface area contributed by atoms with Gasteiger partial charge < -0.3 is 9.26 Å². The number of methoxy groups -OCH3 is 1. The highest BCUT2D eigenvalue weighted by Gasteiger charge is 2.24. The maximum atomic E-state index is 12.7. The summed E-state index contributed by atoms with van der Waals surface area (Å²) >= 11 is 0. The van der Waals surface area contributed by atoms with Crippen LogP contribution in [-0.4, -0.2) is 41.7 Å². The van der Waals surface area contributed by atoms with Gasteiger partial charge in [-0.05, 0) is 26.0 Å². The third-order valence-corrected chi connectivity index (χ3v) is 4.82. The molecule has 2 aromatic heterocycles. The molecule has 0 spiro atoms. The molecule has 0 bridgehead atoms. The van der Waals surface area contributed by atoms with Gasteiger partial charge in [-0.3, -0.25) is 5.32 Å². The Hall–Kier alpha value is -3.54. The van der Waals surface area contributed by atoms with Crippen molar-refractivity contribution in [2.24, 2.45) is 0 Å². The quantitative estimate of drug-likeness (QED) is 0.647. The van der Waals surface area contributed by atoms with E-state index in [2.05, 4.69) is 25.4 Å². The average Bonchev–Trinajstić information content (AvgIpc) is 3.07. The van der Waals surface area contributed by atoms with Crippen LogP contribution in [0.25, 0.3) is 11.5 Å². The van der Waals surface area contributed by atoms with Gasteiger partial charge in [0.25, 0.3) is 15.9 Å². The molecule has 0 aliphatic carbocycles. The second-order valence-corrected chi connectivity index (χ2v) is 7.23. The molecule has 146 valence electrons. The Morgan fingerprint density at radius 1 is 1.14 bits per heavy atom. The number of carbonyl (C=O) groups is 1. The predicted octanol–water partition coefficient (Wildman–Crippen LogP) is 1.66. The molecule has 3 aromatic rings. The van der Waals surface area contributed by atoms with Gasteiger partial charge in [0.05, 0.1) is 12.7 Å². The lowest BCUT2D eigenvalue weighted by Crippen LogP contribution is -2.35. The van der Waals surface area contributed by atoms with Crippen molar-refractivity contribution in [3.05, 3.63) is 41.9 Å². The van der Waals surface area contributed by atoms with Crippen molar-refractivity contribution >= 4 is 22.0 Å². The van der Waals surface area contributed by atoms with Crippen LogP contribution in [0.5, 0.6) is 5.88 Å². The Kier molecular flexibility index (Phi) is 5.22. The fraction of sp³-hybridized carbons (Fsp3) is 0.188. The van der Waals surface area contributed by atoms with E-state index in [1.807, 2.05) is 4.72 Å². The van der Waals surface area contributed by atoms with Crippen LogP contribution in [0.1, 0.15) is 11.5 Å². The number of rotatable bonds is 5. The first-order chi connectivity index (χ1) is 13.3. The van der Waals surface area contributed by atoms with E-state index >= 15 is 0 Å². The first-order valence-corrected chi connectivity index (χ1v) is 9.40. The van der Waals surface area contributed by atoms with Crippen molar-refractivity contribution in [3.8, 4) is 17.3 Å². The molecular weight excluding hydrogens is 388 g/mol. The third kappa shape index (κ3) is 4.23. The average molecular weight is 404 g/mol. The van der Waals surface area contributed by atoms with Gasteiger partial charge >= 0.3 is 6.03 Å². The number of benzene rings is 1. The zero-order chi connectivity index (χ0) is 20.3. The molecule has 0 atom stereocenters. The Morgan fingerprint density at radius 3 is 2.57 bits per heavy atom. The van der Waals surface area contributed by atoms with Crippen LogP contribution in [0, 0.1) is 13.8 Å². The van der Waals surface area contributed by atoms with Crippen molar-refractivity contribution in [1.29, 1.82) is 0 Å². The molecule has 0 radical (unpaired) electrons. The van der Waals surface area contributed by atoms with E-state index in [1.165, 1.54) is 25.3 Å². The number of nitrogens with one attached hydrogen (secondary N) is 2. The molecule has 0 saturated heterocycles. The lowest BCUT2D eigenvalue weighted by molar-refractivity contribution is 0.256. The molecule has 2 N–H and O–H groups in total. The number of ether oxygens (including phenoxy) is 1. The summed E-state index contributed by atoms with van der Waals surface area (Å²) in [6.45, 7) is 3.28. The number of urea groups is 1. The minimum Gasteiger partial charge on any atom is -0.481 e. The topological polar surface area (TPSA) is 149 Å². The number of aromatic nitrogens is 4. The SMILES string of the molecule is COc1cc(C)nc(NC(=O)NS(=O)(=O)c2ccccc2-c2nc(C)no2)n1. The second kappa shape index (κ2) is 7.60. The van der Waals surface area contributed by atoms with Crippen LogP contribution in [-0.2, 0) is 10.0 Å². The number of carbonyl (C=O) groups excluding carboxylic acids is 1. The van der Waals surface area contributed by atoms with Gasteiger partial charge in [-0.25, -0.2) is 22.9 Å². The van der Waals surface area contributed by atoms with Gasteiger partial charge in [-0.1, -0.05) is 17.3 Å². The maximum absolute atomic E-state index is 12.7. The number of hydrogen-bond donors (Lipinski definition) is 2. The molecule has 28 heavy (non-hydrogen) atoms. The Bertz CT molecular complexity index is 1130. The number of anilines is 1. The molecule has 2 amide bonds. The van der Waals surface area contributed by atoms with Crippen molar-refractivity contribution in [2.45, 2.75) is 18.7 Å². The normalized spacial score (nSPS) is 11.1. The standard InChI is InChI=1S/C16H16N6O5S/c1-9-8-13(26-3)19-15(17-9)20-16(23)22-28(24,25)12-7-5-4-6-11(12)14-18-10(2)21-27-14/h4-8H,1-3H3,(H2,17,19,20,22,23). The largest absolute Gasteiger partial charge is 0.481 e. The Balaban J connectivity index is 1.85. The summed E-state index contributed by atoms with van der Waals surface area (Å²) in [7, 11) is -2.84. The van der Waals surface area contributed by atoms with Crippen LogP contribution in [0.15, 0.2) is 39.8 Å². The molecule has 0 saturated carbocycles. The van der Waals surface area contributed by atoms with Crippen molar-refractivity contribution in [2.75, 3.05) is 12.4 Å². The first kappa shape index (κ1) is 19.2. The number of sulfonamides is 1. The first-order valence-electron chi connectivity index (χ1n) is 7.91. The lowest BCUT2D eigenvalue weighted by atomic mass is 10.2. The van der Waals surface area contributed by atoms with Crippen molar-refractivity contribution < 1.29 is 22.5 Å². The fourth-order valence-electron chi connectivity index (χ4n) is 2.29. The highest BCUT2D eigenvalue weighted by molar-refractivity contribution is 7.90. The molecule has 0 fully saturated rings. The van der Waals surface area contributed by atoms with E-state index in [0.717, 1.165) is 0 Å². The van der Waals surface area contributed by atoms with Crippen LogP contribution in [0.4, 0.5) is 10.7 Å². The smallest absolute Gasteiger partial charge is 0.335 e. The number of hydrogen-bond acceptors (Lipinski definition) is 9.